The fraction of sp³-hybridized carbons (Fsp3) is 0.294. The highest BCUT2D eigenvalue weighted by atomic mass is 16.2. The number of piperidine rings is 1. The molecule has 0 bridgehead atoms. The molecule has 0 radical (unpaired) electrons. The molecule has 1 aliphatic rings. The molecule has 23 heavy (non-hydrogen) atoms. The number of rotatable bonds is 2. The molecule has 1 atom stereocenters. The molecule has 1 aliphatic heterocycles. The number of fused-ring (bicyclic) bond motifs is 1. The minimum Gasteiger partial charge on any atom is -0.330 e. The summed E-state index contributed by atoms with van der Waals surface area (Å²) in [7, 11) is 0. The number of nitrogens with zero attached hydrogens (tertiary/aromatic N) is 5. The fourth-order valence-corrected chi connectivity index (χ4v) is 3.14. The smallest absolute Gasteiger partial charge is 0.255 e. The Bertz CT molecular complexity index is 829. The van der Waals surface area contributed by atoms with Crippen LogP contribution in [0.1, 0.15) is 41.4 Å². The number of imidazole rings is 1. The zero-order valence-corrected chi connectivity index (χ0v) is 12.7. The number of carbonyl (C=O) groups excluding carboxylic acids is 1. The summed E-state index contributed by atoms with van der Waals surface area (Å²) in [5.41, 5.74) is 1.53. The van der Waals surface area contributed by atoms with E-state index in [0.29, 0.717) is 11.3 Å². The van der Waals surface area contributed by atoms with Crippen LogP contribution in [0.5, 0.6) is 0 Å². The van der Waals surface area contributed by atoms with Crippen LogP contribution in [-0.2, 0) is 0 Å². The van der Waals surface area contributed by atoms with Crippen molar-refractivity contribution in [1.29, 1.82) is 0 Å². The van der Waals surface area contributed by atoms with E-state index in [9.17, 15) is 4.79 Å². The zero-order chi connectivity index (χ0) is 15.6. The van der Waals surface area contributed by atoms with Crippen LogP contribution in [0.2, 0.25) is 0 Å². The van der Waals surface area contributed by atoms with Crippen LogP contribution in [-0.4, -0.2) is 36.7 Å². The van der Waals surface area contributed by atoms with Crippen molar-refractivity contribution in [3.05, 3.63) is 60.4 Å². The number of likely N-dealkylation sites (tertiary alicyclic amines) is 1. The molecule has 0 unspecified atom stereocenters. The third-order valence-electron chi connectivity index (χ3n) is 4.30. The maximum Gasteiger partial charge on any atom is 0.255 e. The number of hydrogen-bond donors (Lipinski definition) is 0. The highest BCUT2D eigenvalue weighted by Crippen LogP contribution is 2.31. The van der Waals surface area contributed by atoms with E-state index in [0.717, 1.165) is 31.5 Å². The lowest BCUT2D eigenvalue weighted by Crippen LogP contribution is -2.39. The summed E-state index contributed by atoms with van der Waals surface area (Å²) in [5, 5.41) is 0. The SMILES string of the molecule is O=C(c1cccnc1)N1CCCC[C@H]1c1ccn2ccnc2n1. The Morgan fingerprint density at radius 1 is 1.17 bits per heavy atom. The van der Waals surface area contributed by atoms with Crippen molar-refractivity contribution in [3.63, 3.8) is 0 Å². The summed E-state index contributed by atoms with van der Waals surface area (Å²) in [5.74, 6) is 0.690. The molecule has 0 aliphatic carbocycles. The number of amides is 1. The molecule has 1 amide bonds. The second-order valence-corrected chi connectivity index (χ2v) is 5.74. The lowest BCUT2D eigenvalue weighted by Gasteiger charge is -2.35. The van der Waals surface area contributed by atoms with Crippen molar-refractivity contribution in [2.45, 2.75) is 25.3 Å². The van der Waals surface area contributed by atoms with E-state index < -0.39 is 0 Å². The minimum absolute atomic E-state index is 0.00171. The molecular weight excluding hydrogens is 290 g/mol. The molecule has 0 saturated carbocycles. The third-order valence-corrected chi connectivity index (χ3v) is 4.30. The van der Waals surface area contributed by atoms with Gasteiger partial charge in [-0.1, -0.05) is 0 Å². The maximum absolute atomic E-state index is 12.8. The lowest BCUT2D eigenvalue weighted by atomic mass is 9.98. The van der Waals surface area contributed by atoms with E-state index in [1.165, 1.54) is 0 Å². The number of carbonyl (C=O) groups is 1. The van der Waals surface area contributed by atoms with Crippen LogP contribution in [0, 0.1) is 0 Å². The van der Waals surface area contributed by atoms with Crippen molar-refractivity contribution in [3.8, 4) is 0 Å². The second kappa shape index (κ2) is 5.79. The first-order valence-corrected chi connectivity index (χ1v) is 7.83. The van der Waals surface area contributed by atoms with Gasteiger partial charge in [-0.15, -0.1) is 0 Å². The Kier molecular flexibility index (Phi) is 3.49. The molecule has 4 rings (SSSR count). The van der Waals surface area contributed by atoms with Gasteiger partial charge in [-0.05, 0) is 37.5 Å². The van der Waals surface area contributed by atoms with Gasteiger partial charge in [-0.25, -0.2) is 9.97 Å². The molecule has 116 valence electrons. The zero-order valence-electron chi connectivity index (χ0n) is 12.7. The van der Waals surface area contributed by atoms with Crippen LogP contribution in [0.4, 0.5) is 0 Å². The average Bonchev–Trinajstić information content (AvgIpc) is 3.09. The van der Waals surface area contributed by atoms with Gasteiger partial charge in [0.05, 0.1) is 17.3 Å². The molecule has 3 aromatic rings. The van der Waals surface area contributed by atoms with Crippen LogP contribution in [0.25, 0.3) is 5.78 Å². The first-order valence-electron chi connectivity index (χ1n) is 7.83. The van der Waals surface area contributed by atoms with Crippen molar-refractivity contribution >= 4 is 11.7 Å². The highest BCUT2D eigenvalue weighted by Gasteiger charge is 2.29. The Morgan fingerprint density at radius 3 is 3.00 bits per heavy atom. The Balaban J connectivity index is 1.68. The van der Waals surface area contributed by atoms with E-state index in [4.69, 9.17) is 0 Å². The summed E-state index contributed by atoms with van der Waals surface area (Å²) in [6, 6.07) is 5.58. The standard InChI is InChI=1S/C17H17N5O/c23-16(13-4-3-7-18-12-13)22-9-2-1-5-15(22)14-6-10-21-11-8-19-17(21)20-14/h3-4,6-8,10-12,15H,1-2,5,9H2/t15-/m0/s1. The first-order chi connectivity index (χ1) is 11.3. The number of hydrogen-bond acceptors (Lipinski definition) is 4. The first kappa shape index (κ1) is 13.9. The molecule has 4 heterocycles. The van der Waals surface area contributed by atoms with Gasteiger partial charge in [-0.2, -0.15) is 0 Å². The quantitative estimate of drug-likeness (QED) is 0.729. The normalized spacial score (nSPS) is 18.3. The molecule has 1 saturated heterocycles. The van der Waals surface area contributed by atoms with Crippen molar-refractivity contribution in [2.75, 3.05) is 6.54 Å². The summed E-state index contributed by atoms with van der Waals surface area (Å²) < 4.78 is 1.87. The predicted octanol–water partition coefficient (Wildman–Crippen LogP) is 2.49. The molecule has 0 N–H and O–H groups in total. The third kappa shape index (κ3) is 2.56. The number of aromatic nitrogens is 4. The Labute approximate surface area is 133 Å². The Morgan fingerprint density at radius 2 is 2.13 bits per heavy atom. The number of pyridine rings is 1. The largest absolute Gasteiger partial charge is 0.330 e. The molecular formula is C17H17N5O. The molecule has 3 aromatic heterocycles. The van der Waals surface area contributed by atoms with E-state index >= 15 is 0 Å². The van der Waals surface area contributed by atoms with Gasteiger partial charge in [0.1, 0.15) is 0 Å². The topological polar surface area (TPSA) is 63.4 Å². The van der Waals surface area contributed by atoms with E-state index in [2.05, 4.69) is 15.0 Å². The van der Waals surface area contributed by atoms with Crippen molar-refractivity contribution in [1.82, 2.24) is 24.3 Å². The summed E-state index contributed by atoms with van der Waals surface area (Å²) >= 11 is 0. The Hall–Kier alpha value is -2.76. The van der Waals surface area contributed by atoms with E-state index in [-0.39, 0.29) is 11.9 Å². The van der Waals surface area contributed by atoms with Crippen LogP contribution < -0.4 is 0 Å². The molecule has 0 aromatic carbocycles. The van der Waals surface area contributed by atoms with Crippen LogP contribution in [0.3, 0.4) is 0 Å². The van der Waals surface area contributed by atoms with Gasteiger partial charge >= 0.3 is 0 Å². The molecule has 0 spiro atoms. The summed E-state index contributed by atoms with van der Waals surface area (Å²) in [6.45, 7) is 0.750. The summed E-state index contributed by atoms with van der Waals surface area (Å²) in [4.78, 5) is 27.7. The molecule has 6 heteroatoms. The van der Waals surface area contributed by atoms with E-state index in [1.54, 1.807) is 24.7 Å². The lowest BCUT2D eigenvalue weighted by molar-refractivity contribution is 0.0605. The molecule has 1 fully saturated rings. The predicted molar refractivity (Wildman–Crippen MR) is 84.9 cm³/mol. The van der Waals surface area contributed by atoms with Gasteiger partial charge in [-0.3, -0.25) is 14.2 Å². The van der Waals surface area contributed by atoms with Gasteiger partial charge in [0.25, 0.3) is 5.91 Å². The maximum atomic E-state index is 12.8. The van der Waals surface area contributed by atoms with Gasteiger partial charge < -0.3 is 4.90 Å². The van der Waals surface area contributed by atoms with E-state index in [1.807, 2.05) is 33.8 Å². The minimum atomic E-state index is -0.00171. The molecule has 6 nitrogen and oxygen atoms in total. The van der Waals surface area contributed by atoms with Crippen LogP contribution >= 0.6 is 0 Å². The summed E-state index contributed by atoms with van der Waals surface area (Å²) in [6.07, 6.45) is 11.9. The monoisotopic (exact) mass is 307 g/mol. The van der Waals surface area contributed by atoms with Gasteiger partial charge in [0, 0.05) is 37.5 Å². The van der Waals surface area contributed by atoms with Crippen molar-refractivity contribution in [2.24, 2.45) is 0 Å². The van der Waals surface area contributed by atoms with Gasteiger partial charge in [0.2, 0.25) is 5.78 Å². The van der Waals surface area contributed by atoms with Crippen molar-refractivity contribution < 1.29 is 4.79 Å². The van der Waals surface area contributed by atoms with Crippen LogP contribution in [0.15, 0.2) is 49.2 Å². The van der Waals surface area contributed by atoms with Gasteiger partial charge in [0.15, 0.2) is 0 Å². The average molecular weight is 307 g/mol. The second-order valence-electron chi connectivity index (χ2n) is 5.74. The fourth-order valence-electron chi connectivity index (χ4n) is 3.14. The highest BCUT2D eigenvalue weighted by molar-refractivity contribution is 5.94.